The van der Waals surface area contributed by atoms with Crippen molar-refractivity contribution in [1.29, 1.82) is 0 Å². The van der Waals surface area contributed by atoms with Crippen molar-refractivity contribution in [2.45, 2.75) is 25.9 Å². The van der Waals surface area contributed by atoms with Gasteiger partial charge in [0.1, 0.15) is 0 Å². The number of hydrogen-bond donors (Lipinski definition) is 1. The van der Waals surface area contributed by atoms with Crippen LogP contribution in [-0.2, 0) is 15.8 Å². The lowest BCUT2D eigenvalue weighted by molar-refractivity contribution is -0.137. The summed E-state index contributed by atoms with van der Waals surface area (Å²) < 4.78 is 50.3. The number of halogens is 3. The van der Waals surface area contributed by atoms with E-state index in [1.807, 2.05) is 6.92 Å². The number of ether oxygens (including phenoxy) is 2. The second kappa shape index (κ2) is 9.17. The fraction of sp³-hybridized carbons (Fsp3) is 0.333. The maximum Gasteiger partial charge on any atom is 0.416 e. The van der Waals surface area contributed by atoms with Crippen LogP contribution in [0.4, 0.5) is 18.9 Å². The first-order chi connectivity index (χ1) is 15.8. The lowest BCUT2D eigenvalue weighted by Gasteiger charge is -2.17. The van der Waals surface area contributed by atoms with E-state index >= 15 is 0 Å². The lowest BCUT2D eigenvalue weighted by Crippen LogP contribution is -2.32. The minimum Gasteiger partial charge on any atom is -0.490 e. The number of fused-ring (bicyclic) bond motifs is 1. The van der Waals surface area contributed by atoms with Crippen molar-refractivity contribution in [2.24, 2.45) is 0 Å². The first kappa shape index (κ1) is 22.7. The van der Waals surface area contributed by atoms with Gasteiger partial charge in [-0.2, -0.15) is 13.2 Å². The molecule has 2 amide bonds. The van der Waals surface area contributed by atoms with Crippen molar-refractivity contribution in [3.8, 4) is 11.5 Å². The maximum absolute atomic E-state index is 13.0. The molecule has 1 fully saturated rings. The molecule has 1 N–H and O–H groups in total. The summed E-state index contributed by atoms with van der Waals surface area (Å²) in [6.45, 7) is 3.54. The van der Waals surface area contributed by atoms with E-state index in [0.29, 0.717) is 29.2 Å². The Balaban J connectivity index is 1.56. The van der Waals surface area contributed by atoms with Gasteiger partial charge in [-0.1, -0.05) is 12.1 Å². The highest BCUT2D eigenvalue weighted by atomic mass is 19.4. The fourth-order valence-corrected chi connectivity index (χ4v) is 3.88. The van der Waals surface area contributed by atoms with E-state index in [9.17, 15) is 22.8 Å². The number of alkyl halides is 3. The summed E-state index contributed by atoms with van der Waals surface area (Å²) in [5.74, 6) is 0.238. The molecule has 33 heavy (non-hydrogen) atoms. The number of likely N-dealkylation sites (tertiary alicyclic amines) is 1. The van der Waals surface area contributed by atoms with Crippen LogP contribution in [0.15, 0.2) is 36.4 Å². The highest BCUT2D eigenvalue weighted by molar-refractivity contribution is 6.35. The Morgan fingerprint density at radius 3 is 2.55 bits per heavy atom. The monoisotopic (exact) mass is 460 g/mol. The number of benzene rings is 2. The average Bonchev–Trinajstić information content (AvgIpc) is 3.41. The van der Waals surface area contributed by atoms with Crippen LogP contribution in [0.5, 0.6) is 11.5 Å². The number of nitrogens with zero attached hydrogens (tertiary/aromatic N) is 1. The van der Waals surface area contributed by atoms with Crippen LogP contribution >= 0.6 is 0 Å². The molecular weight excluding hydrogens is 437 g/mol. The summed E-state index contributed by atoms with van der Waals surface area (Å²) >= 11 is 0. The lowest BCUT2D eigenvalue weighted by atomic mass is 10.0. The number of carbonyl (C=O) groups is 2. The Morgan fingerprint density at radius 1 is 1.09 bits per heavy atom. The zero-order valence-electron chi connectivity index (χ0n) is 18.0. The summed E-state index contributed by atoms with van der Waals surface area (Å²) in [7, 11) is 0. The summed E-state index contributed by atoms with van der Waals surface area (Å²) in [6.07, 6.45) is -0.929. The molecule has 0 spiro atoms. The third-order valence-corrected chi connectivity index (χ3v) is 5.52. The average molecular weight is 460 g/mol. The Hall–Kier alpha value is -3.49. The molecular formula is C24H23F3N2O4. The van der Waals surface area contributed by atoms with Crippen molar-refractivity contribution in [1.82, 2.24) is 4.90 Å². The molecule has 0 aromatic heterocycles. The highest BCUT2D eigenvalue weighted by Crippen LogP contribution is 2.39. The number of amides is 2. The SMILES string of the molecule is CCOc1cc(/C=C2/C(=O)Nc3cc(C(F)(F)F)ccc32)ccc1OCC(=O)N1CCCC1. The van der Waals surface area contributed by atoms with E-state index < -0.39 is 17.6 Å². The first-order valence-electron chi connectivity index (χ1n) is 10.7. The van der Waals surface area contributed by atoms with Crippen molar-refractivity contribution in [3.63, 3.8) is 0 Å². The molecule has 174 valence electrons. The van der Waals surface area contributed by atoms with Crippen LogP contribution in [-0.4, -0.2) is 43.0 Å². The van der Waals surface area contributed by atoms with Gasteiger partial charge < -0.3 is 19.7 Å². The van der Waals surface area contributed by atoms with Gasteiger partial charge in [-0.05, 0) is 55.7 Å². The van der Waals surface area contributed by atoms with Crippen LogP contribution in [0.25, 0.3) is 11.6 Å². The molecule has 6 nitrogen and oxygen atoms in total. The van der Waals surface area contributed by atoms with E-state index in [0.717, 1.165) is 38.1 Å². The van der Waals surface area contributed by atoms with Gasteiger partial charge >= 0.3 is 6.18 Å². The predicted octanol–water partition coefficient (Wildman–Crippen LogP) is 4.60. The highest BCUT2D eigenvalue weighted by Gasteiger charge is 2.33. The summed E-state index contributed by atoms with van der Waals surface area (Å²) in [5, 5.41) is 2.49. The van der Waals surface area contributed by atoms with E-state index in [2.05, 4.69) is 5.32 Å². The number of rotatable bonds is 6. The molecule has 0 aliphatic carbocycles. The molecule has 2 aromatic carbocycles. The molecule has 0 saturated carbocycles. The van der Waals surface area contributed by atoms with Gasteiger partial charge in [-0.3, -0.25) is 9.59 Å². The Bertz CT molecular complexity index is 1110. The molecule has 1 saturated heterocycles. The Morgan fingerprint density at radius 2 is 1.85 bits per heavy atom. The van der Waals surface area contributed by atoms with Gasteiger partial charge in [0, 0.05) is 29.9 Å². The standard InChI is InChI=1S/C24H23F3N2O4/c1-2-32-21-12-15(5-8-20(21)33-14-22(30)29-9-3-4-10-29)11-18-17-7-6-16(24(25,26)27)13-19(17)28-23(18)31/h5-8,11-13H,2-4,9-10,14H2,1H3,(H,28,31)/b18-11+. The zero-order valence-corrected chi connectivity index (χ0v) is 18.0. The molecule has 2 aliphatic heterocycles. The van der Waals surface area contributed by atoms with E-state index in [4.69, 9.17) is 9.47 Å². The van der Waals surface area contributed by atoms with Gasteiger partial charge in [0.15, 0.2) is 18.1 Å². The third kappa shape index (κ3) is 4.97. The molecule has 2 aromatic rings. The van der Waals surface area contributed by atoms with Crippen LogP contribution in [0.3, 0.4) is 0 Å². The zero-order chi connectivity index (χ0) is 23.6. The van der Waals surface area contributed by atoms with Crippen molar-refractivity contribution in [3.05, 3.63) is 53.1 Å². The second-order valence-electron chi connectivity index (χ2n) is 7.79. The van der Waals surface area contributed by atoms with Crippen LogP contribution < -0.4 is 14.8 Å². The van der Waals surface area contributed by atoms with E-state index in [-0.39, 0.29) is 23.8 Å². The predicted molar refractivity (Wildman–Crippen MR) is 117 cm³/mol. The fourth-order valence-electron chi connectivity index (χ4n) is 3.88. The second-order valence-corrected chi connectivity index (χ2v) is 7.79. The van der Waals surface area contributed by atoms with Crippen molar-refractivity contribution in [2.75, 3.05) is 31.6 Å². The van der Waals surface area contributed by atoms with Crippen molar-refractivity contribution >= 4 is 29.2 Å². The molecule has 2 heterocycles. The number of nitrogens with one attached hydrogen (secondary N) is 1. The number of carbonyl (C=O) groups excluding carboxylic acids is 2. The summed E-state index contributed by atoms with van der Waals surface area (Å²) in [5.41, 5.74) is 0.536. The van der Waals surface area contributed by atoms with Gasteiger partial charge in [0.2, 0.25) is 0 Å². The summed E-state index contributed by atoms with van der Waals surface area (Å²) in [4.78, 5) is 26.4. The minimum absolute atomic E-state index is 0.0846. The summed E-state index contributed by atoms with van der Waals surface area (Å²) in [6, 6.07) is 8.17. The first-order valence-corrected chi connectivity index (χ1v) is 10.7. The van der Waals surface area contributed by atoms with Crippen LogP contribution in [0.2, 0.25) is 0 Å². The Labute approximate surface area is 189 Å². The van der Waals surface area contributed by atoms with E-state index in [1.165, 1.54) is 6.07 Å². The smallest absolute Gasteiger partial charge is 0.416 e. The topological polar surface area (TPSA) is 67.9 Å². The Kier molecular flexibility index (Phi) is 6.31. The molecule has 0 radical (unpaired) electrons. The van der Waals surface area contributed by atoms with Crippen molar-refractivity contribution < 1.29 is 32.2 Å². The van der Waals surface area contributed by atoms with Crippen LogP contribution in [0, 0.1) is 0 Å². The molecule has 4 rings (SSSR count). The number of anilines is 1. The quantitative estimate of drug-likeness (QED) is 0.640. The van der Waals surface area contributed by atoms with Gasteiger partial charge in [0.05, 0.1) is 12.2 Å². The van der Waals surface area contributed by atoms with Gasteiger partial charge in [0.25, 0.3) is 11.8 Å². The maximum atomic E-state index is 13.0. The van der Waals surface area contributed by atoms with Gasteiger partial charge in [-0.25, -0.2) is 0 Å². The van der Waals surface area contributed by atoms with Crippen LogP contribution in [0.1, 0.15) is 36.5 Å². The normalized spacial score (nSPS) is 16.7. The molecule has 0 atom stereocenters. The largest absolute Gasteiger partial charge is 0.490 e. The molecule has 0 bridgehead atoms. The minimum atomic E-state index is -4.50. The van der Waals surface area contributed by atoms with Gasteiger partial charge in [-0.15, -0.1) is 0 Å². The third-order valence-electron chi connectivity index (χ3n) is 5.52. The molecule has 2 aliphatic rings. The van der Waals surface area contributed by atoms with E-state index in [1.54, 1.807) is 29.2 Å². The number of hydrogen-bond acceptors (Lipinski definition) is 4. The molecule has 0 unspecified atom stereocenters. The molecule has 9 heteroatoms.